The van der Waals surface area contributed by atoms with E-state index in [4.69, 9.17) is 5.73 Å². The van der Waals surface area contributed by atoms with Crippen molar-refractivity contribution in [3.8, 4) is 0 Å². The molecule has 0 radical (unpaired) electrons. The van der Waals surface area contributed by atoms with Gasteiger partial charge in [0.15, 0.2) is 0 Å². The third kappa shape index (κ3) is 2.03. The average molecular weight is 255 g/mol. The molecular weight excluding hydrogens is 242 g/mol. The zero-order valence-electron chi connectivity index (χ0n) is 10.1. The summed E-state index contributed by atoms with van der Waals surface area (Å²) in [5.41, 5.74) is 7.88. The molecule has 0 saturated carbocycles. The van der Waals surface area contributed by atoms with Gasteiger partial charge in [-0.25, -0.2) is 0 Å². The van der Waals surface area contributed by atoms with Crippen LogP contribution in [0.15, 0.2) is 36.7 Å². The summed E-state index contributed by atoms with van der Waals surface area (Å²) in [5, 5.41) is 10.3. The first-order chi connectivity index (χ1) is 9.25. The number of nitrogen functional groups attached to an aromatic ring is 1. The molecule has 0 aliphatic heterocycles. The summed E-state index contributed by atoms with van der Waals surface area (Å²) in [6.45, 7) is 0.345. The Bertz CT molecular complexity index is 727. The Morgan fingerprint density at radius 3 is 3.05 bits per heavy atom. The van der Waals surface area contributed by atoms with E-state index in [1.54, 1.807) is 12.3 Å². The Balaban J connectivity index is 1.81. The number of benzene rings is 1. The molecule has 3 rings (SSSR count). The number of hydrogen-bond acceptors (Lipinski definition) is 3. The molecule has 1 amide bonds. The van der Waals surface area contributed by atoms with E-state index in [-0.39, 0.29) is 5.91 Å². The first-order valence-electron chi connectivity index (χ1n) is 5.88. The predicted molar refractivity (Wildman–Crippen MR) is 72.5 cm³/mol. The van der Waals surface area contributed by atoms with Crippen molar-refractivity contribution < 1.29 is 4.79 Å². The van der Waals surface area contributed by atoms with Gasteiger partial charge in [-0.2, -0.15) is 5.10 Å². The van der Waals surface area contributed by atoms with Crippen LogP contribution in [0.25, 0.3) is 10.9 Å². The first-order valence-corrected chi connectivity index (χ1v) is 5.88. The van der Waals surface area contributed by atoms with Crippen molar-refractivity contribution in [1.29, 1.82) is 0 Å². The van der Waals surface area contributed by atoms with Gasteiger partial charge in [-0.1, -0.05) is 12.1 Å². The lowest BCUT2D eigenvalue weighted by molar-refractivity contribution is 0.0952. The van der Waals surface area contributed by atoms with Crippen molar-refractivity contribution in [1.82, 2.24) is 20.5 Å². The van der Waals surface area contributed by atoms with Gasteiger partial charge in [-0.05, 0) is 12.1 Å². The lowest BCUT2D eigenvalue weighted by Gasteiger charge is -2.05. The van der Waals surface area contributed by atoms with Gasteiger partial charge in [0, 0.05) is 23.7 Å². The van der Waals surface area contributed by atoms with Crippen molar-refractivity contribution in [2.24, 2.45) is 0 Å². The summed E-state index contributed by atoms with van der Waals surface area (Å²) in [6, 6.07) is 7.53. The second kappa shape index (κ2) is 4.49. The Morgan fingerprint density at radius 1 is 1.37 bits per heavy atom. The molecule has 6 heteroatoms. The number of rotatable bonds is 3. The monoisotopic (exact) mass is 255 g/mol. The van der Waals surface area contributed by atoms with Crippen molar-refractivity contribution in [3.63, 3.8) is 0 Å². The highest BCUT2D eigenvalue weighted by Crippen LogP contribution is 2.17. The van der Waals surface area contributed by atoms with Gasteiger partial charge in [-0.3, -0.25) is 9.89 Å². The normalized spacial score (nSPS) is 10.7. The highest BCUT2D eigenvalue weighted by Gasteiger charge is 2.11. The molecule has 1 aromatic carbocycles. The van der Waals surface area contributed by atoms with Gasteiger partial charge in [0.25, 0.3) is 5.91 Å². The Morgan fingerprint density at radius 2 is 2.26 bits per heavy atom. The lowest BCUT2D eigenvalue weighted by atomic mass is 10.1. The Labute approximate surface area is 109 Å². The van der Waals surface area contributed by atoms with E-state index in [2.05, 4.69) is 20.5 Å². The molecule has 2 heterocycles. The van der Waals surface area contributed by atoms with E-state index in [1.807, 2.05) is 24.4 Å². The van der Waals surface area contributed by atoms with Crippen LogP contribution in [-0.2, 0) is 6.54 Å². The third-order valence-electron chi connectivity index (χ3n) is 3.02. The molecule has 6 nitrogen and oxygen atoms in total. The predicted octanol–water partition coefficient (Wildman–Crippen LogP) is 1.40. The SMILES string of the molecule is Nc1[nH]ncc1CNC(=O)c1cccc2cc[nH]c12. The summed E-state index contributed by atoms with van der Waals surface area (Å²) in [6.07, 6.45) is 3.42. The fourth-order valence-corrected chi connectivity index (χ4v) is 2.01. The zero-order chi connectivity index (χ0) is 13.2. The van der Waals surface area contributed by atoms with Crippen LogP contribution in [0.2, 0.25) is 0 Å². The smallest absolute Gasteiger partial charge is 0.253 e. The number of carbonyl (C=O) groups is 1. The molecule has 5 N–H and O–H groups in total. The van der Waals surface area contributed by atoms with Crippen molar-refractivity contribution in [2.75, 3.05) is 5.73 Å². The quantitative estimate of drug-likeness (QED) is 0.569. The van der Waals surface area contributed by atoms with E-state index < -0.39 is 0 Å². The largest absolute Gasteiger partial charge is 0.384 e. The number of H-pyrrole nitrogens is 2. The maximum absolute atomic E-state index is 12.2. The molecule has 0 atom stereocenters. The van der Waals surface area contributed by atoms with Crippen LogP contribution in [0.3, 0.4) is 0 Å². The highest BCUT2D eigenvalue weighted by molar-refractivity contribution is 6.05. The van der Waals surface area contributed by atoms with Crippen LogP contribution in [0.1, 0.15) is 15.9 Å². The molecule has 0 aliphatic carbocycles. The van der Waals surface area contributed by atoms with Crippen molar-refractivity contribution in [3.05, 3.63) is 47.8 Å². The van der Waals surface area contributed by atoms with Gasteiger partial charge >= 0.3 is 0 Å². The van der Waals surface area contributed by atoms with Gasteiger partial charge in [-0.15, -0.1) is 0 Å². The Kier molecular flexibility index (Phi) is 2.68. The van der Waals surface area contributed by atoms with Gasteiger partial charge < -0.3 is 16.0 Å². The number of aromatic nitrogens is 3. The van der Waals surface area contributed by atoms with Crippen molar-refractivity contribution >= 4 is 22.6 Å². The summed E-state index contributed by atoms with van der Waals surface area (Å²) in [5.74, 6) is 0.326. The molecule has 19 heavy (non-hydrogen) atoms. The molecule has 0 spiro atoms. The van der Waals surface area contributed by atoms with Gasteiger partial charge in [0.1, 0.15) is 5.82 Å². The van der Waals surface area contributed by atoms with Crippen LogP contribution in [0.4, 0.5) is 5.82 Å². The fourth-order valence-electron chi connectivity index (χ4n) is 2.01. The number of fused-ring (bicyclic) bond motifs is 1. The number of carbonyl (C=O) groups excluding carboxylic acids is 1. The minimum absolute atomic E-state index is 0.145. The molecule has 96 valence electrons. The van der Waals surface area contributed by atoms with Gasteiger partial charge in [0.2, 0.25) is 0 Å². The summed E-state index contributed by atoms with van der Waals surface area (Å²) in [4.78, 5) is 15.2. The van der Waals surface area contributed by atoms with Crippen LogP contribution < -0.4 is 11.1 Å². The lowest BCUT2D eigenvalue weighted by Crippen LogP contribution is -2.23. The van der Waals surface area contributed by atoms with Gasteiger partial charge in [0.05, 0.1) is 17.3 Å². The molecule has 0 unspecified atom stereocenters. The number of para-hydroxylation sites is 1. The van der Waals surface area contributed by atoms with E-state index in [1.165, 1.54) is 0 Å². The van der Waals surface area contributed by atoms with E-state index in [9.17, 15) is 4.79 Å². The second-order valence-electron chi connectivity index (χ2n) is 4.24. The molecule has 2 aromatic heterocycles. The van der Waals surface area contributed by atoms with Crippen molar-refractivity contribution in [2.45, 2.75) is 6.54 Å². The average Bonchev–Trinajstić information content (AvgIpc) is 3.04. The maximum atomic E-state index is 12.2. The fraction of sp³-hybridized carbons (Fsp3) is 0.0769. The molecule has 0 fully saturated rings. The number of amides is 1. The second-order valence-corrected chi connectivity index (χ2v) is 4.24. The Hall–Kier alpha value is -2.76. The van der Waals surface area contributed by atoms with Crippen LogP contribution in [0.5, 0.6) is 0 Å². The topological polar surface area (TPSA) is 99.6 Å². The highest BCUT2D eigenvalue weighted by atomic mass is 16.1. The first kappa shape index (κ1) is 11.3. The molecule has 0 saturated heterocycles. The number of nitrogens with one attached hydrogen (secondary N) is 3. The molecule has 3 aromatic rings. The number of hydrogen-bond donors (Lipinski definition) is 4. The van der Waals surface area contributed by atoms with Crippen LogP contribution >= 0.6 is 0 Å². The number of aromatic amines is 2. The van der Waals surface area contributed by atoms with Crippen LogP contribution in [-0.4, -0.2) is 21.1 Å². The maximum Gasteiger partial charge on any atom is 0.253 e. The van der Waals surface area contributed by atoms with E-state index >= 15 is 0 Å². The summed E-state index contributed by atoms with van der Waals surface area (Å²) >= 11 is 0. The number of anilines is 1. The molecule has 0 aliphatic rings. The van der Waals surface area contributed by atoms with Crippen LogP contribution in [0, 0.1) is 0 Å². The number of nitrogens with zero attached hydrogens (tertiary/aromatic N) is 1. The third-order valence-corrected chi connectivity index (χ3v) is 3.02. The molecule has 0 bridgehead atoms. The minimum atomic E-state index is -0.145. The van der Waals surface area contributed by atoms with E-state index in [0.717, 1.165) is 16.5 Å². The zero-order valence-corrected chi connectivity index (χ0v) is 10.1. The number of nitrogens with two attached hydrogens (primary N) is 1. The summed E-state index contributed by atoms with van der Waals surface area (Å²) < 4.78 is 0. The standard InChI is InChI=1S/C13H13N5O/c14-12-9(7-17-18-12)6-16-13(19)10-3-1-2-8-4-5-15-11(8)10/h1-5,7,15H,6H2,(H,16,19)(H3,14,17,18). The minimum Gasteiger partial charge on any atom is -0.384 e. The summed E-state index contributed by atoms with van der Waals surface area (Å²) in [7, 11) is 0. The molecular formula is C13H13N5O. The van der Waals surface area contributed by atoms with E-state index in [0.29, 0.717) is 17.9 Å².